The highest BCUT2D eigenvalue weighted by atomic mass is 35.5. The number of hydrogen-bond donors (Lipinski definition) is 2. The van der Waals surface area contributed by atoms with Gasteiger partial charge in [0.25, 0.3) is 0 Å². The monoisotopic (exact) mass is 266 g/mol. The molecule has 0 bridgehead atoms. The first kappa shape index (κ1) is 12.3. The van der Waals surface area contributed by atoms with Crippen LogP contribution in [0.1, 0.15) is 10.5 Å². The maximum atomic E-state index is 13.8. The number of carboxylic acids is 1. The first-order valence-electron chi connectivity index (χ1n) is 4.95. The van der Waals surface area contributed by atoms with Gasteiger partial charge in [-0.1, -0.05) is 17.7 Å². The number of halogens is 2. The fraction of sp³-hybridized carbons (Fsp3) is 0. The zero-order chi connectivity index (χ0) is 13.3. The molecule has 3 N–H and O–H groups in total. The Bertz CT molecular complexity index is 631. The molecule has 2 rings (SSSR count). The summed E-state index contributed by atoms with van der Waals surface area (Å²) in [6, 6.07) is 7.23. The van der Waals surface area contributed by atoms with E-state index < -0.39 is 11.8 Å². The van der Waals surface area contributed by atoms with Crippen molar-refractivity contribution in [3.8, 4) is 11.3 Å². The Morgan fingerprint density at radius 3 is 2.72 bits per heavy atom. The Morgan fingerprint density at radius 2 is 2.06 bits per heavy atom. The first-order valence-corrected chi connectivity index (χ1v) is 5.32. The van der Waals surface area contributed by atoms with Gasteiger partial charge >= 0.3 is 5.97 Å². The van der Waals surface area contributed by atoms with E-state index in [1.807, 2.05) is 0 Å². The minimum atomic E-state index is -1.27. The average molecular weight is 267 g/mol. The number of benzene rings is 1. The van der Waals surface area contributed by atoms with Crippen molar-refractivity contribution in [3.63, 3.8) is 0 Å². The fourth-order valence-electron chi connectivity index (χ4n) is 1.49. The number of pyridine rings is 1. The number of rotatable bonds is 2. The van der Waals surface area contributed by atoms with Crippen LogP contribution in [0.15, 0.2) is 30.3 Å². The summed E-state index contributed by atoms with van der Waals surface area (Å²) in [6.45, 7) is 0. The lowest BCUT2D eigenvalue weighted by Gasteiger charge is -2.06. The Balaban J connectivity index is 2.62. The topological polar surface area (TPSA) is 76.2 Å². The van der Waals surface area contributed by atoms with Crippen LogP contribution in [-0.4, -0.2) is 16.1 Å². The number of aromatic carboxylic acids is 1. The van der Waals surface area contributed by atoms with E-state index in [4.69, 9.17) is 22.4 Å². The van der Waals surface area contributed by atoms with Gasteiger partial charge in [0.2, 0.25) is 0 Å². The van der Waals surface area contributed by atoms with Gasteiger partial charge in [-0.15, -0.1) is 0 Å². The van der Waals surface area contributed by atoms with Crippen LogP contribution < -0.4 is 5.73 Å². The zero-order valence-electron chi connectivity index (χ0n) is 9.02. The van der Waals surface area contributed by atoms with Crippen LogP contribution >= 0.6 is 11.6 Å². The van der Waals surface area contributed by atoms with Gasteiger partial charge in [-0.05, 0) is 24.3 Å². The van der Waals surface area contributed by atoms with Crippen LogP contribution in [0.3, 0.4) is 0 Å². The van der Waals surface area contributed by atoms with E-state index in [2.05, 4.69) is 4.98 Å². The van der Waals surface area contributed by atoms with Crippen molar-refractivity contribution in [1.82, 2.24) is 4.98 Å². The summed E-state index contributed by atoms with van der Waals surface area (Å²) < 4.78 is 13.8. The Morgan fingerprint density at radius 1 is 1.33 bits per heavy atom. The van der Waals surface area contributed by atoms with Gasteiger partial charge in [-0.3, -0.25) is 0 Å². The van der Waals surface area contributed by atoms with E-state index in [0.717, 1.165) is 0 Å². The van der Waals surface area contributed by atoms with Gasteiger partial charge in [0.05, 0.1) is 16.4 Å². The van der Waals surface area contributed by atoms with Crippen molar-refractivity contribution in [3.05, 3.63) is 46.9 Å². The molecule has 4 nitrogen and oxygen atoms in total. The largest absolute Gasteiger partial charge is 0.476 e. The lowest BCUT2D eigenvalue weighted by Crippen LogP contribution is -2.06. The molecule has 18 heavy (non-hydrogen) atoms. The molecule has 0 atom stereocenters. The second kappa shape index (κ2) is 4.62. The fourth-order valence-corrected chi connectivity index (χ4v) is 1.67. The average Bonchev–Trinajstić information content (AvgIpc) is 2.33. The molecule has 0 aliphatic rings. The van der Waals surface area contributed by atoms with Crippen LogP contribution in [0.25, 0.3) is 11.3 Å². The van der Waals surface area contributed by atoms with Gasteiger partial charge in [0.1, 0.15) is 0 Å². The standard InChI is InChI=1S/C12H8ClFN2O2/c13-7-3-1-2-6(10(7)14)9-5-4-8(15)11(16-9)12(17)18/h1-5H,15H2,(H,17,18). The summed E-state index contributed by atoms with van der Waals surface area (Å²) in [5.41, 5.74) is 5.48. The second-order valence-corrected chi connectivity index (χ2v) is 3.95. The third kappa shape index (κ3) is 2.12. The molecule has 2 aromatic rings. The molecule has 92 valence electrons. The summed E-state index contributed by atoms with van der Waals surface area (Å²) in [5.74, 6) is -1.91. The summed E-state index contributed by atoms with van der Waals surface area (Å²) >= 11 is 5.65. The highest BCUT2D eigenvalue weighted by molar-refractivity contribution is 6.31. The second-order valence-electron chi connectivity index (χ2n) is 3.54. The quantitative estimate of drug-likeness (QED) is 0.876. The number of nitrogens with zero attached hydrogens (tertiary/aromatic N) is 1. The number of nitrogen functional groups attached to an aromatic ring is 1. The Hall–Kier alpha value is -2.14. The third-order valence-corrected chi connectivity index (χ3v) is 2.65. The molecule has 0 amide bonds. The van der Waals surface area contributed by atoms with E-state index in [9.17, 15) is 9.18 Å². The highest BCUT2D eigenvalue weighted by Crippen LogP contribution is 2.27. The van der Waals surface area contributed by atoms with Gasteiger partial charge in [0, 0.05) is 5.56 Å². The van der Waals surface area contributed by atoms with Gasteiger partial charge in [-0.25, -0.2) is 14.2 Å². The van der Waals surface area contributed by atoms with Crippen molar-refractivity contribution in [2.24, 2.45) is 0 Å². The summed E-state index contributed by atoms with van der Waals surface area (Å²) in [6.07, 6.45) is 0. The molecule has 0 spiro atoms. The van der Waals surface area contributed by atoms with E-state index in [-0.39, 0.29) is 27.7 Å². The number of hydrogen-bond acceptors (Lipinski definition) is 3. The normalized spacial score (nSPS) is 10.3. The molecule has 1 aromatic heterocycles. The van der Waals surface area contributed by atoms with Crippen molar-refractivity contribution in [2.75, 3.05) is 5.73 Å². The van der Waals surface area contributed by atoms with E-state index in [1.165, 1.54) is 24.3 Å². The lowest BCUT2D eigenvalue weighted by atomic mass is 10.1. The predicted octanol–water partition coefficient (Wildman–Crippen LogP) is 2.82. The van der Waals surface area contributed by atoms with Gasteiger partial charge in [-0.2, -0.15) is 0 Å². The van der Waals surface area contributed by atoms with Gasteiger partial charge in [0.15, 0.2) is 11.5 Å². The summed E-state index contributed by atoms with van der Waals surface area (Å²) in [5, 5.41) is 8.85. The first-order chi connectivity index (χ1) is 8.50. The molecule has 0 saturated carbocycles. The Labute approximate surface area is 107 Å². The van der Waals surface area contributed by atoms with Crippen LogP contribution in [0.5, 0.6) is 0 Å². The minimum absolute atomic E-state index is 0.0219. The SMILES string of the molecule is Nc1ccc(-c2cccc(Cl)c2F)nc1C(=O)O. The molecule has 0 saturated heterocycles. The molecular weight excluding hydrogens is 259 g/mol. The maximum absolute atomic E-state index is 13.8. The van der Waals surface area contributed by atoms with E-state index in [0.29, 0.717) is 0 Å². The van der Waals surface area contributed by atoms with Crippen molar-refractivity contribution < 1.29 is 14.3 Å². The smallest absolute Gasteiger partial charge is 0.356 e. The third-order valence-electron chi connectivity index (χ3n) is 2.36. The molecular formula is C12H8ClFN2O2. The van der Waals surface area contributed by atoms with Crippen LogP contribution in [0.4, 0.5) is 10.1 Å². The molecule has 0 aliphatic heterocycles. The lowest BCUT2D eigenvalue weighted by molar-refractivity contribution is 0.0692. The number of nitrogens with two attached hydrogens (primary N) is 1. The molecule has 1 heterocycles. The predicted molar refractivity (Wildman–Crippen MR) is 66.0 cm³/mol. The van der Waals surface area contributed by atoms with Gasteiger partial charge < -0.3 is 10.8 Å². The number of carbonyl (C=O) groups is 1. The molecule has 0 aliphatic carbocycles. The molecule has 0 unspecified atom stereocenters. The molecule has 0 radical (unpaired) electrons. The Kier molecular flexibility index (Phi) is 3.16. The van der Waals surface area contributed by atoms with Crippen molar-refractivity contribution in [1.29, 1.82) is 0 Å². The van der Waals surface area contributed by atoms with E-state index in [1.54, 1.807) is 6.07 Å². The number of carboxylic acid groups (broad SMARTS) is 1. The highest BCUT2D eigenvalue weighted by Gasteiger charge is 2.14. The number of anilines is 1. The van der Waals surface area contributed by atoms with E-state index >= 15 is 0 Å². The van der Waals surface area contributed by atoms with Crippen LogP contribution in [0.2, 0.25) is 5.02 Å². The van der Waals surface area contributed by atoms with Crippen LogP contribution in [-0.2, 0) is 0 Å². The number of aromatic nitrogens is 1. The van der Waals surface area contributed by atoms with Crippen LogP contribution in [0, 0.1) is 5.82 Å². The molecule has 1 aromatic carbocycles. The zero-order valence-corrected chi connectivity index (χ0v) is 9.78. The maximum Gasteiger partial charge on any atom is 0.356 e. The van der Waals surface area contributed by atoms with Crippen molar-refractivity contribution >= 4 is 23.3 Å². The summed E-state index contributed by atoms with van der Waals surface area (Å²) in [7, 11) is 0. The minimum Gasteiger partial charge on any atom is -0.476 e. The molecule has 0 fully saturated rings. The summed E-state index contributed by atoms with van der Waals surface area (Å²) in [4.78, 5) is 14.7. The van der Waals surface area contributed by atoms with Crippen molar-refractivity contribution in [2.45, 2.75) is 0 Å². The molecule has 6 heteroatoms.